The minimum absolute atomic E-state index is 0.0300. The number of aromatic nitrogens is 7. The molecule has 10 nitrogen and oxygen atoms in total. The SMILES string of the molecule is CC(C)Cc1nc2cnc(-c3nc[nH]n3)cc2n1[C@@H]1C[C@H](NC(=O)c2ncc(Cl)s2)CN(C)C1. The predicted octanol–water partition coefficient (Wildman–Crippen LogP) is 3.20. The molecule has 0 aliphatic carbocycles. The number of halogens is 1. The van der Waals surface area contributed by atoms with E-state index < -0.39 is 0 Å². The monoisotopic (exact) mass is 499 g/mol. The fourth-order valence-electron chi connectivity index (χ4n) is 4.61. The summed E-state index contributed by atoms with van der Waals surface area (Å²) in [6.07, 6.45) is 6.47. The number of carbonyl (C=O) groups is 1. The Morgan fingerprint density at radius 1 is 1.29 bits per heavy atom. The molecule has 1 aliphatic rings. The van der Waals surface area contributed by atoms with Crippen molar-refractivity contribution >= 4 is 39.9 Å². The van der Waals surface area contributed by atoms with E-state index in [1.807, 2.05) is 6.07 Å². The molecular weight excluding hydrogens is 474 g/mol. The molecule has 0 unspecified atom stereocenters. The van der Waals surface area contributed by atoms with Gasteiger partial charge in [0.15, 0.2) is 10.8 Å². The molecule has 2 N–H and O–H groups in total. The van der Waals surface area contributed by atoms with Gasteiger partial charge in [0.05, 0.1) is 24.0 Å². The predicted molar refractivity (Wildman–Crippen MR) is 131 cm³/mol. The molecule has 5 heterocycles. The number of imidazole rings is 1. The standard InChI is InChI=1S/C22H26ClN9OS/c1-12(2)4-19-29-16-7-24-15(20-26-11-27-30-20)6-17(16)32(19)14-5-13(9-31(3)10-14)28-21(33)22-25-8-18(23)34-22/h6-8,11-14H,4-5,9-10H2,1-3H3,(H,28,33)(H,26,27,30)/t13-,14+/m0/s1. The van der Waals surface area contributed by atoms with Crippen LogP contribution in [-0.2, 0) is 6.42 Å². The van der Waals surface area contributed by atoms with Crippen molar-refractivity contribution in [3.63, 3.8) is 0 Å². The largest absolute Gasteiger partial charge is 0.346 e. The summed E-state index contributed by atoms with van der Waals surface area (Å²) < 4.78 is 2.82. The van der Waals surface area contributed by atoms with Crippen molar-refractivity contribution in [1.29, 1.82) is 0 Å². The van der Waals surface area contributed by atoms with Crippen LogP contribution in [0.15, 0.2) is 24.8 Å². The zero-order chi connectivity index (χ0) is 23.8. The summed E-state index contributed by atoms with van der Waals surface area (Å²) in [5, 5.41) is 10.5. The number of hydrogen-bond donors (Lipinski definition) is 2. The third-order valence-corrected chi connectivity index (χ3v) is 6.98. The highest BCUT2D eigenvalue weighted by molar-refractivity contribution is 7.17. The summed E-state index contributed by atoms with van der Waals surface area (Å²) in [5.74, 6) is 1.83. The maximum Gasteiger partial charge on any atom is 0.280 e. The second-order valence-electron chi connectivity index (χ2n) is 9.13. The Bertz CT molecular complexity index is 1300. The Kier molecular flexibility index (Phi) is 6.32. The number of aromatic amines is 1. The van der Waals surface area contributed by atoms with Gasteiger partial charge in [-0.2, -0.15) is 5.10 Å². The molecule has 1 saturated heterocycles. The summed E-state index contributed by atoms with van der Waals surface area (Å²) in [6.45, 7) is 5.99. The molecule has 12 heteroatoms. The van der Waals surface area contributed by atoms with Gasteiger partial charge in [0.25, 0.3) is 5.91 Å². The van der Waals surface area contributed by atoms with Gasteiger partial charge in [0.1, 0.15) is 27.7 Å². The minimum Gasteiger partial charge on any atom is -0.346 e. The second kappa shape index (κ2) is 9.40. The van der Waals surface area contributed by atoms with Gasteiger partial charge >= 0.3 is 0 Å². The van der Waals surface area contributed by atoms with Gasteiger partial charge in [0, 0.05) is 25.6 Å². The van der Waals surface area contributed by atoms with Crippen molar-refractivity contribution in [2.45, 2.75) is 38.8 Å². The fraction of sp³-hybridized carbons (Fsp3) is 0.455. The molecule has 4 aromatic rings. The lowest BCUT2D eigenvalue weighted by Crippen LogP contribution is -2.50. The first-order chi connectivity index (χ1) is 16.4. The van der Waals surface area contributed by atoms with Crippen LogP contribution in [0.3, 0.4) is 0 Å². The Labute approximate surface area is 205 Å². The van der Waals surface area contributed by atoms with Gasteiger partial charge in [-0.15, -0.1) is 0 Å². The molecule has 1 fully saturated rings. The molecule has 0 saturated carbocycles. The highest BCUT2D eigenvalue weighted by Crippen LogP contribution is 2.30. The van der Waals surface area contributed by atoms with Crippen LogP contribution in [0.5, 0.6) is 0 Å². The van der Waals surface area contributed by atoms with Crippen LogP contribution in [0, 0.1) is 5.92 Å². The average Bonchev–Trinajstić information content (AvgIpc) is 3.52. The van der Waals surface area contributed by atoms with Gasteiger partial charge in [-0.1, -0.05) is 36.8 Å². The second-order valence-corrected chi connectivity index (χ2v) is 10.8. The lowest BCUT2D eigenvalue weighted by Gasteiger charge is -2.37. The number of amides is 1. The number of likely N-dealkylation sites (N-methyl/N-ethyl adjacent to an activating group) is 1. The van der Waals surface area contributed by atoms with Gasteiger partial charge < -0.3 is 14.8 Å². The Balaban J connectivity index is 1.49. The van der Waals surface area contributed by atoms with Crippen molar-refractivity contribution in [3.8, 4) is 11.5 Å². The van der Waals surface area contributed by atoms with E-state index in [1.54, 1.807) is 12.5 Å². The highest BCUT2D eigenvalue weighted by atomic mass is 35.5. The summed E-state index contributed by atoms with van der Waals surface area (Å²) >= 11 is 7.15. The number of carbonyl (C=O) groups excluding carboxylic acids is 1. The molecule has 1 amide bonds. The number of likely N-dealkylation sites (tertiary alicyclic amines) is 1. The van der Waals surface area contributed by atoms with Crippen LogP contribution in [0.2, 0.25) is 4.34 Å². The zero-order valence-electron chi connectivity index (χ0n) is 19.2. The average molecular weight is 500 g/mol. The number of rotatable bonds is 6. The molecular formula is C22H26ClN9OS. The van der Waals surface area contributed by atoms with Crippen LogP contribution in [0.1, 0.15) is 41.9 Å². The van der Waals surface area contributed by atoms with Crippen LogP contribution < -0.4 is 5.32 Å². The number of pyridine rings is 1. The number of hydrogen-bond acceptors (Lipinski definition) is 8. The lowest BCUT2D eigenvalue weighted by atomic mass is 10.00. The highest BCUT2D eigenvalue weighted by Gasteiger charge is 2.31. The molecule has 4 aromatic heterocycles. The molecule has 34 heavy (non-hydrogen) atoms. The normalized spacial score (nSPS) is 19.2. The van der Waals surface area contributed by atoms with Crippen molar-refractivity contribution in [3.05, 3.63) is 40.0 Å². The maximum atomic E-state index is 12.7. The first kappa shape index (κ1) is 22.9. The van der Waals surface area contributed by atoms with Gasteiger partial charge in [-0.05, 0) is 25.5 Å². The van der Waals surface area contributed by atoms with Crippen molar-refractivity contribution in [2.24, 2.45) is 5.92 Å². The van der Waals surface area contributed by atoms with E-state index in [4.69, 9.17) is 16.6 Å². The van der Waals surface area contributed by atoms with Crippen LogP contribution in [0.4, 0.5) is 0 Å². The third-order valence-electron chi connectivity index (χ3n) is 5.87. The van der Waals surface area contributed by atoms with Gasteiger partial charge in [0.2, 0.25) is 0 Å². The first-order valence-corrected chi connectivity index (χ1v) is 12.4. The van der Waals surface area contributed by atoms with E-state index in [9.17, 15) is 4.79 Å². The quantitative estimate of drug-likeness (QED) is 0.418. The van der Waals surface area contributed by atoms with Crippen LogP contribution >= 0.6 is 22.9 Å². The first-order valence-electron chi connectivity index (χ1n) is 11.2. The molecule has 0 spiro atoms. The van der Waals surface area contributed by atoms with E-state index in [-0.39, 0.29) is 18.0 Å². The van der Waals surface area contributed by atoms with Crippen molar-refractivity contribution < 1.29 is 4.79 Å². The number of nitrogens with one attached hydrogen (secondary N) is 2. The fourth-order valence-corrected chi connectivity index (χ4v) is 5.42. The molecule has 0 radical (unpaired) electrons. The van der Waals surface area contributed by atoms with Gasteiger partial charge in [-0.25, -0.2) is 15.0 Å². The maximum absolute atomic E-state index is 12.7. The topological polar surface area (TPSA) is 118 Å². The molecule has 0 aromatic carbocycles. The van der Waals surface area contributed by atoms with Gasteiger partial charge in [-0.3, -0.25) is 14.9 Å². The third kappa shape index (κ3) is 4.68. The van der Waals surface area contributed by atoms with Crippen molar-refractivity contribution in [1.82, 2.24) is 44.9 Å². The summed E-state index contributed by atoms with van der Waals surface area (Å²) in [5.41, 5.74) is 2.55. The van der Waals surface area contributed by atoms with E-state index >= 15 is 0 Å². The lowest BCUT2D eigenvalue weighted by molar-refractivity contribution is 0.0892. The molecule has 2 atom stereocenters. The summed E-state index contributed by atoms with van der Waals surface area (Å²) in [6, 6.07) is 2.11. The minimum atomic E-state index is -0.190. The zero-order valence-corrected chi connectivity index (χ0v) is 20.8. The molecule has 178 valence electrons. The van der Waals surface area contributed by atoms with Crippen LogP contribution in [0.25, 0.3) is 22.6 Å². The Hall–Kier alpha value is -2.89. The number of fused-ring (bicyclic) bond motifs is 1. The molecule has 0 bridgehead atoms. The Morgan fingerprint density at radius 2 is 2.15 bits per heavy atom. The number of piperidine rings is 1. The number of H-pyrrole nitrogens is 1. The smallest absolute Gasteiger partial charge is 0.280 e. The van der Waals surface area contributed by atoms with E-state index in [1.165, 1.54) is 17.5 Å². The number of nitrogens with zero attached hydrogens (tertiary/aromatic N) is 7. The summed E-state index contributed by atoms with van der Waals surface area (Å²) in [4.78, 5) is 32.8. The van der Waals surface area contributed by atoms with E-state index in [0.29, 0.717) is 26.8 Å². The molecule has 1 aliphatic heterocycles. The van der Waals surface area contributed by atoms with E-state index in [2.05, 4.69) is 60.8 Å². The summed E-state index contributed by atoms with van der Waals surface area (Å²) in [7, 11) is 2.08. The van der Waals surface area contributed by atoms with Crippen LogP contribution in [-0.4, -0.2) is 71.7 Å². The van der Waals surface area contributed by atoms with E-state index in [0.717, 1.165) is 42.8 Å². The van der Waals surface area contributed by atoms with Crippen molar-refractivity contribution in [2.75, 3.05) is 20.1 Å². The number of thiazole rings is 1. The molecule has 5 rings (SSSR count). The Morgan fingerprint density at radius 3 is 2.85 bits per heavy atom.